The summed E-state index contributed by atoms with van der Waals surface area (Å²) in [6.07, 6.45) is 3.78. The molecule has 0 saturated heterocycles. The molecular formula is C12H24. The maximum atomic E-state index is 3.94. The van der Waals surface area contributed by atoms with Crippen molar-refractivity contribution in [3.05, 3.63) is 12.2 Å². The molecule has 0 fully saturated rings. The van der Waals surface area contributed by atoms with Gasteiger partial charge in [0.2, 0.25) is 0 Å². The zero-order valence-electron chi connectivity index (χ0n) is 9.41. The third kappa shape index (κ3) is 4.58. The average Bonchev–Trinajstić information content (AvgIpc) is 1.85. The summed E-state index contributed by atoms with van der Waals surface area (Å²) in [6, 6.07) is 0. The highest BCUT2D eigenvalue weighted by Gasteiger charge is 2.21. The van der Waals surface area contributed by atoms with Crippen LogP contribution in [0.5, 0.6) is 0 Å². The van der Waals surface area contributed by atoms with Gasteiger partial charge in [-0.25, -0.2) is 0 Å². The maximum Gasteiger partial charge on any atom is -0.0323 e. The van der Waals surface area contributed by atoms with Gasteiger partial charge in [0, 0.05) is 0 Å². The minimum absolute atomic E-state index is 0.462. The van der Waals surface area contributed by atoms with Crippen LogP contribution < -0.4 is 0 Å². The van der Waals surface area contributed by atoms with Crippen LogP contribution in [0.15, 0.2) is 12.2 Å². The van der Waals surface area contributed by atoms with E-state index in [9.17, 15) is 0 Å². The highest BCUT2D eigenvalue weighted by atomic mass is 14.3. The largest absolute Gasteiger partial charge is 0.100 e. The van der Waals surface area contributed by atoms with Gasteiger partial charge in [0.1, 0.15) is 0 Å². The fourth-order valence-electron chi connectivity index (χ4n) is 1.67. The van der Waals surface area contributed by atoms with Crippen molar-refractivity contribution in [2.24, 2.45) is 11.3 Å². The standard InChI is InChI=1S/C12H24/c1-7-11(12(4,5)6)9-8-10(2)3/h11H,2,7-9H2,1,3-6H3. The summed E-state index contributed by atoms with van der Waals surface area (Å²) >= 11 is 0. The van der Waals surface area contributed by atoms with Crippen molar-refractivity contribution >= 4 is 0 Å². The minimum atomic E-state index is 0.462. The molecule has 12 heavy (non-hydrogen) atoms. The normalized spacial score (nSPS) is 14.4. The highest BCUT2D eigenvalue weighted by molar-refractivity contribution is 4.89. The molecule has 0 nitrogen and oxygen atoms in total. The molecule has 0 aromatic carbocycles. The van der Waals surface area contributed by atoms with E-state index in [1.807, 2.05) is 0 Å². The molecule has 0 aliphatic rings. The SMILES string of the molecule is C=C(C)CCC(CC)C(C)(C)C. The van der Waals surface area contributed by atoms with Crippen LogP contribution in [-0.4, -0.2) is 0 Å². The van der Waals surface area contributed by atoms with Crippen LogP contribution in [-0.2, 0) is 0 Å². The zero-order valence-corrected chi connectivity index (χ0v) is 9.41. The van der Waals surface area contributed by atoms with Crippen LogP contribution in [0, 0.1) is 11.3 Å². The van der Waals surface area contributed by atoms with Gasteiger partial charge in [-0.2, -0.15) is 0 Å². The van der Waals surface area contributed by atoms with Gasteiger partial charge in [-0.1, -0.05) is 39.7 Å². The lowest BCUT2D eigenvalue weighted by Gasteiger charge is -2.29. The van der Waals surface area contributed by atoms with E-state index in [4.69, 9.17) is 0 Å². The Balaban J connectivity index is 3.92. The van der Waals surface area contributed by atoms with E-state index in [1.165, 1.54) is 24.8 Å². The van der Waals surface area contributed by atoms with E-state index in [0.29, 0.717) is 5.41 Å². The molecule has 0 radical (unpaired) electrons. The third-order valence-electron chi connectivity index (χ3n) is 2.64. The molecule has 72 valence electrons. The second-order valence-corrected chi connectivity index (χ2v) is 4.97. The summed E-state index contributed by atoms with van der Waals surface area (Å²) in [4.78, 5) is 0. The molecule has 0 rings (SSSR count). The van der Waals surface area contributed by atoms with Crippen molar-refractivity contribution in [2.45, 2.75) is 53.9 Å². The van der Waals surface area contributed by atoms with Crippen LogP contribution >= 0.6 is 0 Å². The third-order valence-corrected chi connectivity index (χ3v) is 2.64. The van der Waals surface area contributed by atoms with Crippen LogP contribution in [0.1, 0.15) is 53.9 Å². The first-order chi connectivity index (χ1) is 5.38. The Morgan fingerprint density at radius 2 is 1.83 bits per heavy atom. The predicted octanol–water partition coefficient (Wildman–Crippen LogP) is 4.42. The van der Waals surface area contributed by atoms with Crippen LogP contribution in [0.3, 0.4) is 0 Å². The lowest BCUT2D eigenvalue weighted by molar-refractivity contribution is 0.219. The van der Waals surface area contributed by atoms with E-state index < -0.39 is 0 Å². The Bertz CT molecular complexity index is 137. The molecule has 0 spiro atoms. The lowest BCUT2D eigenvalue weighted by Crippen LogP contribution is -2.19. The van der Waals surface area contributed by atoms with E-state index in [1.54, 1.807) is 0 Å². The quantitative estimate of drug-likeness (QED) is 0.545. The summed E-state index contributed by atoms with van der Waals surface area (Å²) in [5.74, 6) is 0.842. The van der Waals surface area contributed by atoms with E-state index >= 15 is 0 Å². The van der Waals surface area contributed by atoms with E-state index in [0.717, 1.165) is 5.92 Å². The van der Waals surface area contributed by atoms with Crippen molar-refractivity contribution in [1.82, 2.24) is 0 Å². The van der Waals surface area contributed by atoms with E-state index in [-0.39, 0.29) is 0 Å². The monoisotopic (exact) mass is 168 g/mol. The molecule has 0 aromatic heterocycles. The lowest BCUT2D eigenvalue weighted by atomic mass is 9.76. The molecule has 0 heteroatoms. The Labute approximate surface area is 78.1 Å². The molecule has 0 N–H and O–H groups in total. The van der Waals surface area contributed by atoms with Crippen molar-refractivity contribution in [3.8, 4) is 0 Å². The summed E-state index contributed by atoms with van der Waals surface area (Å²) in [5, 5.41) is 0. The second-order valence-electron chi connectivity index (χ2n) is 4.97. The minimum Gasteiger partial charge on any atom is -0.100 e. The van der Waals surface area contributed by atoms with Crippen LogP contribution in [0.4, 0.5) is 0 Å². The molecule has 1 atom stereocenters. The number of hydrogen-bond donors (Lipinski definition) is 0. The summed E-state index contributed by atoms with van der Waals surface area (Å²) in [6.45, 7) is 15.3. The van der Waals surface area contributed by atoms with Crippen LogP contribution in [0.2, 0.25) is 0 Å². The Kier molecular flexibility index (Phi) is 4.59. The topological polar surface area (TPSA) is 0 Å². The fourth-order valence-corrected chi connectivity index (χ4v) is 1.67. The average molecular weight is 168 g/mol. The summed E-state index contributed by atoms with van der Waals surface area (Å²) in [5.41, 5.74) is 1.78. The molecule has 0 saturated carbocycles. The Morgan fingerprint density at radius 3 is 2.08 bits per heavy atom. The second kappa shape index (κ2) is 4.69. The van der Waals surface area contributed by atoms with Crippen molar-refractivity contribution in [3.63, 3.8) is 0 Å². The van der Waals surface area contributed by atoms with Gasteiger partial charge >= 0.3 is 0 Å². The predicted molar refractivity (Wildman–Crippen MR) is 57.3 cm³/mol. The molecule has 0 amide bonds. The van der Waals surface area contributed by atoms with Gasteiger partial charge < -0.3 is 0 Å². The van der Waals surface area contributed by atoms with Gasteiger partial charge in [0.25, 0.3) is 0 Å². The number of rotatable bonds is 4. The first-order valence-electron chi connectivity index (χ1n) is 5.02. The van der Waals surface area contributed by atoms with Crippen molar-refractivity contribution in [2.75, 3.05) is 0 Å². The number of allylic oxidation sites excluding steroid dienone is 1. The van der Waals surface area contributed by atoms with Gasteiger partial charge in [-0.05, 0) is 31.1 Å². The molecule has 0 aliphatic heterocycles. The Hall–Kier alpha value is -0.260. The maximum absolute atomic E-state index is 3.94. The molecule has 0 heterocycles. The van der Waals surface area contributed by atoms with Crippen molar-refractivity contribution in [1.29, 1.82) is 0 Å². The number of hydrogen-bond acceptors (Lipinski definition) is 0. The Morgan fingerprint density at radius 1 is 1.33 bits per heavy atom. The highest BCUT2D eigenvalue weighted by Crippen LogP contribution is 2.32. The summed E-state index contributed by atoms with van der Waals surface area (Å²) < 4.78 is 0. The molecule has 0 bridgehead atoms. The first-order valence-corrected chi connectivity index (χ1v) is 5.02. The van der Waals surface area contributed by atoms with Gasteiger partial charge in [0.05, 0.1) is 0 Å². The van der Waals surface area contributed by atoms with Gasteiger partial charge in [-0.3, -0.25) is 0 Å². The molecule has 1 unspecified atom stereocenters. The summed E-state index contributed by atoms with van der Waals surface area (Å²) in [7, 11) is 0. The van der Waals surface area contributed by atoms with Gasteiger partial charge in [-0.15, -0.1) is 6.58 Å². The van der Waals surface area contributed by atoms with Gasteiger partial charge in [0.15, 0.2) is 0 Å². The fraction of sp³-hybridized carbons (Fsp3) is 0.833. The van der Waals surface area contributed by atoms with Crippen molar-refractivity contribution < 1.29 is 0 Å². The molecular weight excluding hydrogens is 144 g/mol. The van der Waals surface area contributed by atoms with E-state index in [2.05, 4.69) is 41.2 Å². The molecule has 0 aromatic rings. The molecule has 0 aliphatic carbocycles. The zero-order chi connectivity index (χ0) is 9.78. The van der Waals surface area contributed by atoms with Crippen LogP contribution in [0.25, 0.3) is 0 Å². The smallest absolute Gasteiger partial charge is 0.0323 e. The first kappa shape index (κ1) is 11.7.